The Balaban J connectivity index is 1.68. The highest BCUT2D eigenvalue weighted by molar-refractivity contribution is 5.83. The lowest BCUT2D eigenvalue weighted by Gasteiger charge is -2.18. The molecule has 3 rings (SSSR count). The van der Waals surface area contributed by atoms with Crippen molar-refractivity contribution in [3.63, 3.8) is 0 Å². The molecule has 1 amide bonds. The number of ether oxygens (including phenoxy) is 2. The van der Waals surface area contributed by atoms with Crippen molar-refractivity contribution in [3.05, 3.63) is 59.0 Å². The van der Waals surface area contributed by atoms with Crippen molar-refractivity contribution in [2.75, 3.05) is 20.3 Å². The maximum absolute atomic E-state index is 12.4. The molecule has 0 aliphatic carbocycles. The van der Waals surface area contributed by atoms with E-state index < -0.39 is 5.63 Å². The van der Waals surface area contributed by atoms with Gasteiger partial charge in [-0.1, -0.05) is 26.0 Å². The maximum atomic E-state index is 12.4. The van der Waals surface area contributed by atoms with Gasteiger partial charge in [0.1, 0.15) is 17.1 Å². The molecule has 0 radical (unpaired) electrons. The van der Waals surface area contributed by atoms with Gasteiger partial charge < -0.3 is 24.3 Å². The van der Waals surface area contributed by atoms with E-state index >= 15 is 0 Å². The van der Waals surface area contributed by atoms with Crippen molar-refractivity contribution in [2.24, 2.45) is 5.92 Å². The average molecular weight is 425 g/mol. The predicted octanol–water partition coefficient (Wildman–Crippen LogP) is 3.37. The molecule has 1 heterocycles. The second-order valence-electron chi connectivity index (χ2n) is 7.74. The van der Waals surface area contributed by atoms with Gasteiger partial charge in [-0.05, 0) is 54.3 Å². The van der Waals surface area contributed by atoms with E-state index in [1.807, 2.05) is 13.8 Å². The quantitative estimate of drug-likeness (QED) is 0.510. The van der Waals surface area contributed by atoms with Crippen LogP contribution < -0.4 is 20.4 Å². The third-order valence-corrected chi connectivity index (χ3v) is 4.82. The number of carbonyl (C=O) groups is 1. The molecular weight excluding hydrogens is 398 g/mol. The zero-order chi connectivity index (χ0) is 22.4. The van der Waals surface area contributed by atoms with Crippen molar-refractivity contribution in [3.8, 4) is 22.6 Å². The molecule has 0 bridgehead atoms. The number of fused-ring (bicyclic) bond motifs is 1. The molecule has 2 N–H and O–H groups in total. The Labute approximate surface area is 180 Å². The van der Waals surface area contributed by atoms with E-state index in [1.54, 1.807) is 55.6 Å². The Kier molecular flexibility index (Phi) is 7.31. The smallest absolute Gasteiger partial charge is 0.344 e. The van der Waals surface area contributed by atoms with Crippen LogP contribution in [-0.2, 0) is 4.79 Å². The van der Waals surface area contributed by atoms with Gasteiger partial charge in [0, 0.05) is 5.39 Å². The molecule has 3 aromatic rings. The van der Waals surface area contributed by atoms with Gasteiger partial charge in [-0.3, -0.25) is 4.79 Å². The molecule has 0 fully saturated rings. The Hall–Kier alpha value is -3.32. The molecule has 1 aromatic heterocycles. The highest BCUT2D eigenvalue weighted by Crippen LogP contribution is 2.25. The van der Waals surface area contributed by atoms with E-state index in [0.29, 0.717) is 40.5 Å². The van der Waals surface area contributed by atoms with Crippen molar-refractivity contribution >= 4 is 16.9 Å². The molecule has 164 valence electrons. The fourth-order valence-corrected chi connectivity index (χ4v) is 3.33. The van der Waals surface area contributed by atoms with Gasteiger partial charge in [-0.15, -0.1) is 0 Å². The van der Waals surface area contributed by atoms with Gasteiger partial charge in [0.15, 0.2) is 6.61 Å². The summed E-state index contributed by atoms with van der Waals surface area (Å²) in [7, 11) is 1.58. The summed E-state index contributed by atoms with van der Waals surface area (Å²) in [5.74, 6) is 1.23. The Morgan fingerprint density at radius 1 is 1.10 bits per heavy atom. The van der Waals surface area contributed by atoms with Crippen LogP contribution >= 0.6 is 0 Å². The molecule has 0 aliphatic heterocycles. The van der Waals surface area contributed by atoms with E-state index in [-0.39, 0.29) is 25.2 Å². The predicted molar refractivity (Wildman–Crippen MR) is 118 cm³/mol. The van der Waals surface area contributed by atoms with Crippen LogP contribution in [-0.4, -0.2) is 37.4 Å². The Morgan fingerprint density at radius 2 is 1.81 bits per heavy atom. The zero-order valence-electron chi connectivity index (χ0n) is 17.9. The third-order valence-electron chi connectivity index (χ3n) is 4.82. The highest BCUT2D eigenvalue weighted by Gasteiger charge is 2.14. The molecule has 2 aromatic carbocycles. The van der Waals surface area contributed by atoms with Gasteiger partial charge in [0.25, 0.3) is 5.91 Å². The first-order valence-corrected chi connectivity index (χ1v) is 10.1. The SMILES string of the molecule is COc1ccc2oc(=O)c(-c3ccc(OCC(=O)N[C@@H](CO)CC(C)C)cc3)cc2c1. The number of nitrogens with one attached hydrogen (secondary N) is 1. The molecule has 0 saturated carbocycles. The van der Waals surface area contributed by atoms with Gasteiger partial charge in [0.05, 0.1) is 25.3 Å². The first kappa shape index (κ1) is 22.4. The molecule has 0 aliphatic rings. The number of amides is 1. The van der Waals surface area contributed by atoms with Crippen LogP contribution in [0.3, 0.4) is 0 Å². The van der Waals surface area contributed by atoms with Crippen molar-refractivity contribution in [1.29, 1.82) is 0 Å². The van der Waals surface area contributed by atoms with Crippen LogP contribution in [0.25, 0.3) is 22.1 Å². The fraction of sp³-hybridized carbons (Fsp3) is 0.333. The number of benzene rings is 2. The number of aliphatic hydroxyl groups is 1. The Bertz CT molecular complexity index is 1090. The van der Waals surface area contributed by atoms with Crippen LogP contribution in [0.4, 0.5) is 0 Å². The molecule has 0 unspecified atom stereocenters. The van der Waals surface area contributed by atoms with Gasteiger partial charge in [-0.2, -0.15) is 0 Å². The minimum absolute atomic E-state index is 0.112. The van der Waals surface area contributed by atoms with Crippen LogP contribution in [0.5, 0.6) is 11.5 Å². The van der Waals surface area contributed by atoms with Gasteiger partial charge in [0.2, 0.25) is 0 Å². The maximum Gasteiger partial charge on any atom is 0.344 e. The van der Waals surface area contributed by atoms with Crippen LogP contribution in [0.1, 0.15) is 20.3 Å². The van der Waals surface area contributed by atoms with Crippen molar-refractivity contribution < 1.29 is 23.8 Å². The molecule has 7 nitrogen and oxygen atoms in total. The molecular formula is C24H27NO6. The summed E-state index contributed by atoms with van der Waals surface area (Å²) >= 11 is 0. The summed E-state index contributed by atoms with van der Waals surface area (Å²) < 4.78 is 16.2. The monoisotopic (exact) mass is 425 g/mol. The second kappa shape index (κ2) is 10.1. The number of rotatable bonds is 9. The lowest BCUT2D eigenvalue weighted by molar-refractivity contribution is -0.124. The van der Waals surface area contributed by atoms with Gasteiger partial charge in [-0.25, -0.2) is 4.79 Å². The number of methoxy groups -OCH3 is 1. The number of aliphatic hydroxyl groups excluding tert-OH is 1. The summed E-state index contributed by atoms with van der Waals surface area (Å²) in [6.45, 7) is 3.78. The fourth-order valence-electron chi connectivity index (χ4n) is 3.33. The van der Waals surface area contributed by atoms with Crippen LogP contribution in [0.15, 0.2) is 57.7 Å². The molecule has 0 saturated heterocycles. The summed E-state index contributed by atoms with van der Waals surface area (Å²) in [6.07, 6.45) is 0.692. The third kappa shape index (κ3) is 5.86. The summed E-state index contributed by atoms with van der Waals surface area (Å²) in [5.41, 5.74) is 1.14. The minimum atomic E-state index is -0.439. The minimum Gasteiger partial charge on any atom is -0.497 e. The van der Waals surface area contributed by atoms with Crippen LogP contribution in [0, 0.1) is 5.92 Å². The first-order chi connectivity index (χ1) is 14.9. The number of hydrogen-bond donors (Lipinski definition) is 2. The normalized spacial score (nSPS) is 12.0. The Morgan fingerprint density at radius 3 is 2.45 bits per heavy atom. The van der Waals surface area contributed by atoms with E-state index in [1.165, 1.54) is 0 Å². The summed E-state index contributed by atoms with van der Waals surface area (Å²) in [4.78, 5) is 24.5. The lowest BCUT2D eigenvalue weighted by Crippen LogP contribution is -2.40. The number of carbonyl (C=O) groups excluding carboxylic acids is 1. The molecule has 31 heavy (non-hydrogen) atoms. The van der Waals surface area contributed by atoms with E-state index in [4.69, 9.17) is 13.9 Å². The van der Waals surface area contributed by atoms with E-state index in [2.05, 4.69) is 5.32 Å². The van der Waals surface area contributed by atoms with E-state index in [0.717, 1.165) is 5.39 Å². The van der Waals surface area contributed by atoms with Crippen LogP contribution in [0.2, 0.25) is 0 Å². The molecule has 7 heteroatoms. The zero-order valence-corrected chi connectivity index (χ0v) is 17.9. The summed E-state index contributed by atoms with van der Waals surface area (Å²) in [5, 5.41) is 12.9. The summed E-state index contributed by atoms with van der Waals surface area (Å²) in [6, 6.07) is 13.6. The first-order valence-electron chi connectivity index (χ1n) is 10.1. The highest BCUT2D eigenvalue weighted by atomic mass is 16.5. The number of hydrogen-bond acceptors (Lipinski definition) is 6. The molecule has 0 spiro atoms. The van der Waals surface area contributed by atoms with Crippen molar-refractivity contribution in [2.45, 2.75) is 26.3 Å². The molecule has 1 atom stereocenters. The standard InChI is InChI=1S/C24H27NO6/c1-15(2)10-18(13-26)25-23(27)14-30-19-6-4-16(5-7-19)21-12-17-11-20(29-3)8-9-22(17)31-24(21)28/h4-9,11-12,15,18,26H,10,13-14H2,1-3H3,(H,25,27)/t18-/m1/s1. The van der Waals surface area contributed by atoms with E-state index in [9.17, 15) is 14.7 Å². The lowest BCUT2D eigenvalue weighted by atomic mass is 10.0. The second-order valence-corrected chi connectivity index (χ2v) is 7.74. The average Bonchev–Trinajstić information content (AvgIpc) is 2.76. The van der Waals surface area contributed by atoms with Gasteiger partial charge >= 0.3 is 5.63 Å². The van der Waals surface area contributed by atoms with Crippen molar-refractivity contribution in [1.82, 2.24) is 5.32 Å². The topological polar surface area (TPSA) is 98.0 Å². The largest absolute Gasteiger partial charge is 0.497 e.